The topological polar surface area (TPSA) is 72.5 Å². The molecule has 0 unspecified atom stereocenters. The minimum atomic E-state index is -3.87. The molecule has 180 valence electrons. The summed E-state index contributed by atoms with van der Waals surface area (Å²) in [6.07, 6.45) is 0.620. The summed E-state index contributed by atoms with van der Waals surface area (Å²) in [6, 6.07) is 25.6. The molecule has 0 radical (unpaired) electrons. The fourth-order valence-electron chi connectivity index (χ4n) is 4.11. The van der Waals surface area contributed by atoms with Crippen LogP contribution in [0.4, 0.5) is 10.1 Å². The van der Waals surface area contributed by atoms with E-state index in [4.69, 9.17) is 0 Å². The van der Waals surface area contributed by atoms with Crippen LogP contribution in [0.3, 0.4) is 0 Å². The van der Waals surface area contributed by atoms with Crippen LogP contribution in [0, 0.1) is 12.7 Å². The van der Waals surface area contributed by atoms with E-state index in [0.29, 0.717) is 17.8 Å². The molecule has 5 nitrogen and oxygen atoms in total. The molecule has 4 aromatic rings. The van der Waals surface area contributed by atoms with Gasteiger partial charge < -0.3 is 9.50 Å². The lowest BCUT2D eigenvalue weighted by Gasteiger charge is -2.13. The number of carbonyl (C=O) groups is 1. The van der Waals surface area contributed by atoms with Gasteiger partial charge >= 0.3 is 16.1 Å². The highest BCUT2D eigenvalue weighted by Crippen LogP contribution is 2.32. The van der Waals surface area contributed by atoms with E-state index >= 15 is 0 Å². The number of carbonyl (C=O) groups excluding carboxylic acids is 1. The molecule has 0 atom stereocenters. The Bertz CT molecular complexity index is 1500. The Morgan fingerprint density at radius 1 is 0.971 bits per heavy atom. The van der Waals surface area contributed by atoms with Gasteiger partial charge in [-0.25, -0.2) is 4.39 Å². The molecule has 0 bridgehead atoms. The lowest BCUT2D eigenvalue weighted by atomic mass is 9.93. The Morgan fingerprint density at radius 3 is 2.54 bits per heavy atom. The van der Waals surface area contributed by atoms with Crippen molar-refractivity contribution in [2.24, 2.45) is 0 Å². The zero-order chi connectivity index (χ0) is 25.0. The second-order valence-electron chi connectivity index (χ2n) is 8.50. The summed E-state index contributed by atoms with van der Waals surface area (Å²) in [6.45, 7) is 2.62. The van der Waals surface area contributed by atoms with E-state index < -0.39 is 21.9 Å². The first-order valence-electron chi connectivity index (χ1n) is 11.2. The summed E-state index contributed by atoms with van der Waals surface area (Å²) >= 11 is 0. The molecule has 35 heavy (non-hydrogen) atoms. The standard InChI is InChI=1S/C28H26FNO4S/c1-19-10-11-21-7-3-4-9-25(21)28(19)23-8-5-6-20(16-23)18-30-24-14-12-22(26(29)17-24)13-15-27(31)34-35(2,32)33/h3-12,14,16-17,30H,13,15,18H2,1-2H3. The van der Waals surface area contributed by atoms with Crippen molar-refractivity contribution in [3.63, 3.8) is 0 Å². The molecule has 0 aliphatic heterocycles. The Labute approximate surface area is 204 Å². The van der Waals surface area contributed by atoms with E-state index in [1.807, 2.05) is 24.3 Å². The quantitative estimate of drug-likeness (QED) is 0.306. The van der Waals surface area contributed by atoms with Gasteiger partial charge in [-0.1, -0.05) is 60.7 Å². The summed E-state index contributed by atoms with van der Waals surface area (Å²) in [5, 5.41) is 5.64. The fourth-order valence-corrected chi connectivity index (χ4v) is 4.53. The first-order chi connectivity index (χ1) is 16.7. The third-order valence-corrected chi connectivity index (χ3v) is 6.23. The molecule has 1 N–H and O–H groups in total. The SMILES string of the molecule is Cc1ccc2ccccc2c1-c1cccc(CNc2ccc(CCC(=O)OS(C)(=O)=O)c(F)c2)c1. The van der Waals surface area contributed by atoms with Crippen LogP contribution in [0.1, 0.15) is 23.1 Å². The van der Waals surface area contributed by atoms with E-state index in [-0.39, 0.29) is 12.8 Å². The second kappa shape index (κ2) is 10.3. The maximum Gasteiger partial charge on any atom is 0.322 e. The maximum absolute atomic E-state index is 14.5. The van der Waals surface area contributed by atoms with Crippen molar-refractivity contribution in [2.45, 2.75) is 26.3 Å². The highest BCUT2D eigenvalue weighted by Gasteiger charge is 2.13. The zero-order valence-electron chi connectivity index (χ0n) is 19.5. The minimum Gasteiger partial charge on any atom is -0.381 e. The van der Waals surface area contributed by atoms with Crippen molar-refractivity contribution in [2.75, 3.05) is 11.6 Å². The Balaban J connectivity index is 1.45. The van der Waals surface area contributed by atoms with Crippen LogP contribution < -0.4 is 5.32 Å². The van der Waals surface area contributed by atoms with Crippen molar-refractivity contribution in [1.82, 2.24) is 0 Å². The zero-order valence-corrected chi connectivity index (χ0v) is 20.4. The van der Waals surface area contributed by atoms with Gasteiger partial charge in [0.05, 0.1) is 12.7 Å². The molecule has 0 aromatic heterocycles. The molecule has 0 saturated heterocycles. The molecule has 0 fully saturated rings. The Morgan fingerprint density at radius 2 is 1.77 bits per heavy atom. The van der Waals surface area contributed by atoms with E-state index in [9.17, 15) is 17.6 Å². The van der Waals surface area contributed by atoms with E-state index in [1.165, 1.54) is 28.0 Å². The molecule has 0 aliphatic carbocycles. The number of rotatable bonds is 8. The highest BCUT2D eigenvalue weighted by atomic mass is 32.2. The van der Waals surface area contributed by atoms with Crippen LogP contribution in [-0.4, -0.2) is 20.6 Å². The van der Waals surface area contributed by atoms with Gasteiger partial charge in [0.25, 0.3) is 0 Å². The molecular weight excluding hydrogens is 465 g/mol. The number of anilines is 1. The summed E-state index contributed by atoms with van der Waals surface area (Å²) < 4.78 is 40.8. The number of benzene rings is 4. The van der Waals surface area contributed by atoms with Gasteiger partial charge in [-0.05, 0) is 70.1 Å². The van der Waals surface area contributed by atoms with Gasteiger partial charge in [0.1, 0.15) is 5.82 Å². The number of nitrogens with one attached hydrogen (secondary N) is 1. The van der Waals surface area contributed by atoms with Crippen molar-refractivity contribution in [3.8, 4) is 11.1 Å². The van der Waals surface area contributed by atoms with Gasteiger partial charge in [0.15, 0.2) is 0 Å². The second-order valence-corrected chi connectivity index (χ2v) is 10.1. The molecular formula is C28H26FNO4S. The molecule has 0 heterocycles. The Kier molecular flexibility index (Phi) is 7.17. The number of hydrogen-bond acceptors (Lipinski definition) is 5. The molecule has 7 heteroatoms. The maximum atomic E-state index is 14.5. The largest absolute Gasteiger partial charge is 0.381 e. The molecule has 4 aromatic carbocycles. The normalized spacial score (nSPS) is 11.4. The smallest absolute Gasteiger partial charge is 0.322 e. The molecule has 0 saturated carbocycles. The summed E-state index contributed by atoms with van der Waals surface area (Å²) in [5.74, 6) is -1.38. The van der Waals surface area contributed by atoms with Crippen LogP contribution in [0.2, 0.25) is 0 Å². The molecule has 0 aliphatic rings. The van der Waals surface area contributed by atoms with E-state index in [2.05, 4.69) is 52.8 Å². The third kappa shape index (κ3) is 6.25. The van der Waals surface area contributed by atoms with E-state index in [0.717, 1.165) is 17.4 Å². The van der Waals surface area contributed by atoms with Gasteiger partial charge in [-0.2, -0.15) is 8.42 Å². The monoisotopic (exact) mass is 491 g/mol. The number of aryl methyl sites for hydroxylation is 2. The fraction of sp³-hybridized carbons (Fsp3) is 0.179. The first-order valence-corrected chi connectivity index (χ1v) is 13.0. The van der Waals surface area contributed by atoms with E-state index in [1.54, 1.807) is 12.1 Å². The minimum absolute atomic E-state index is 0.0485. The summed E-state index contributed by atoms with van der Waals surface area (Å²) in [7, 11) is -3.87. The number of hydrogen-bond donors (Lipinski definition) is 1. The average Bonchev–Trinajstić information content (AvgIpc) is 2.81. The van der Waals surface area contributed by atoms with Crippen LogP contribution in [-0.2, 0) is 32.1 Å². The highest BCUT2D eigenvalue weighted by molar-refractivity contribution is 7.86. The van der Waals surface area contributed by atoms with Crippen molar-refractivity contribution >= 4 is 32.5 Å². The third-order valence-electron chi connectivity index (χ3n) is 5.75. The van der Waals surface area contributed by atoms with Crippen LogP contribution in [0.5, 0.6) is 0 Å². The van der Waals surface area contributed by atoms with Gasteiger partial charge in [0.2, 0.25) is 0 Å². The summed E-state index contributed by atoms with van der Waals surface area (Å²) in [5.41, 5.74) is 5.51. The van der Waals surface area contributed by atoms with Crippen molar-refractivity contribution in [1.29, 1.82) is 0 Å². The lowest BCUT2D eigenvalue weighted by molar-refractivity contribution is -0.133. The predicted octanol–water partition coefficient (Wildman–Crippen LogP) is 6.00. The van der Waals surface area contributed by atoms with Crippen LogP contribution in [0.25, 0.3) is 21.9 Å². The molecule has 4 rings (SSSR count). The van der Waals surface area contributed by atoms with Gasteiger partial charge in [-0.3, -0.25) is 4.79 Å². The lowest BCUT2D eigenvalue weighted by Crippen LogP contribution is -2.12. The van der Waals surface area contributed by atoms with Crippen LogP contribution >= 0.6 is 0 Å². The first kappa shape index (κ1) is 24.4. The number of halogens is 1. The number of fused-ring (bicyclic) bond motifs is 1. The van der Waals surface area contributed by atoms with Gasteiger partial charge in [0, 0.05) is 12.2 Å². The molecule has 0 amide bonds. The predicted molar refractivity (Wildman–Crippen MR) is 137 cm³/mol. The van der Waals surface area contributed by atoms with Crippen molar-refractivity contribution in [3.05, 3.63) is 101 Å². The molecule has 0 spiro atoms. The van der Waals surface area contributed by atoms with Crippen molar-refractivity contribution < 1.29 is 21.8 Å². The summed E-state index contributed by atoms with van der Waals surface area (Å²) in [4.78, 5) is 11.6. The average molecular weight is 492 g/mol. The van der Waals surface area contributed by atoms with Crippen LogP contribution in [0.15, 0.2) is 78.9 Å². The van der Waals surface area contributed by atoms with Gasteiger partial charge in [-0.15, -0.1) is 0 Å². The Hall–Kier alpha value is -3.71.